The molecule has 3 aromatic rings. The molecule has 164 valence electrons. The van der Waals surface area contributed by atoms with Crippen molar-refractivity contribution in [1.82, 2.24) is 14.7 Å². The normalized spacial score (nSPS) is 12.7. The van der Waals surface area contributed by atoms with Gasteiger partial charge in [0.2, 0.25) is 10.0 Å². The van der Waals surface area contributed by atoms with Gasteiger partial charge in [-0.15, -0.1) is 0 Å². The van der Waals surface area contributed by atoms with E-state index < -0.39 is 22.0 Å². The standard InChI is InChI=1S/C22H26N4O4S/c1-14(2)20(22(27)30-4)26-21-17-10-5-6-11-18(17)24-19(25-21)13-23-31(28,29)16-9-7-8-15(3)12-16/h5-12,14,20,23H,13H2,1-4H3,(H,24,25,26). The molecule has 31 heavy (non-hydrogen) atoms. The predicted octanol–water partition coefficient (Wildman–Crippen LogP) is 3.03. The first-order valence-corrected chi connectivity index (χ1v) is 11.4. The number of methoxy groups -OCH3 is 1. The molecule has 1 heterocycles. The van der Waals surface area contributed by atoms with Crippen LogP contribution in [0.2, 0.25) is 0 Å². The molecule has 2 aromatic carbocycles. The first kappa shape index (κ1) is 22.6. The third-order valence-corrected chi connectivity index (χ3v) is 6.18. The van der Waals surface area contributed by atoms with Gasteiger partial charge in [-0.3, -0.25) is 0 Å². The summed E-state index contributed by atoms with van der Waals surface area (Å²) in [7, 11) is -2.39. The van der Waals surface area contributed by atoms with Crippen LogP contribution >= 0.6 is 0 Å². The molecule has 0 radical (unpaired) electrons. The van der Waals surface area contributed by atoms with Crippen molar-refractivity contribution in [3.8, 4) is 0 Å². The molecule has 1 unspecified atom stereocenters. The summed E-state index contributed by atoms with van der Waals surface area (Å²) in [6.07, 6.45) is 0. The van der Waals surface area contributed by atoms with Gasteiger partial charge in [-0.2, -0.15) is 0 Å². The summed E-state index contributed by atoms with van der Waals surface area (Å²) in [5, 5.41) is 3.87. The van der Waals surface area contributed by atoms with Crippen molar-refractivity contribution in [2.75, 3.05) is 12.4 Å². The van der Waals surface area contributed by atoms with Crippen molar-refractivity contribution >= 4 is 32.7 Å². The molecule has 1 atom stereocenters. The van der Waals surface area contributed by atoms with Crippen molar-refractivity contribution in [2.24, 2.45) is 5.92 Å². The molecule has 0 aliphatic heterocycles. The lowest BCUT2D eigenvalue weighted by molar-refractivity contribution is -0.142. The Bertz CT molecular complexity index is 1200. The summed E-state index contributed by atoms with van der Waals surface area (Å²) in [6, 6.07) is 13.4. The summed E-state index contributed by atoms with van der Waals surface area (Å²) in [5.41, 5.74) is 1.48. The van der Waals surface area contributed by atoms with Gasteiger partial charge >= 0.3 is 5.97 Å². The smallest absolute Gasteiger partial charge is 0.328 e. The minimum absolute atomic E-state index is 0.0514. The summed E-state index contributed by atoms with van der Waals surface area (Å²) >= 11 is 0. The quantitative estimate of drug-likeness (QED) is 0.516. The largest absolute Gasteiger partial charge is 0.467 e. The van der Waals surface area contributed by atoms with Crippen molar-refractivity contribution in [2.45, 2.75) is 38.3 Å². The van der Waals surface area contributed by atoms with Gasteiger partial charge in [0.1, 0.15) is 17.7 Å². The molecule has 0 saturated carbocycles. The van der Waals surface area contributed by atoms with E-state index in [0.717, 1.165) is 10.9 Å². The summed E-state index contributed by atoms with van der Waals surface area (Å²) < 4.78 is 32.8. The van der Waals surface area contributed by atoms with Gasteiger partial charge in [-0.25, -0.2) is 27.9 Å². The van der Waals surface area contributed by atoms with E-state index in [-0.39, 0.29) is 23.2 Å². The van der Waals surface area contributed by atoms with Crippen LogP contribution < -0.4 is 10.0 Å². The maximum atomic E-state index is 12.7. The monoisotopic (exact) mass is 442 g/mol. The molecule has 0 saturated heterocycles. The van der Waals surface area contributed by atoms with E-state index >= 15 is 0 Å². The summed E-state index contributed by atoms with van der Waals surface area (Å²) in [6.45, 7) is 5.53. The number of rotatable bonds is 8. The van der Waals surface area contributed by atoms with E-state index in [0.29, 0.717) is 11.3 Å². The maximum absolute atomic E-state index is 12.7. The highest BCUT2D eigenvalue weighted by Gasteiger charge is 2.24. The molecule has 0 fully saturated rings. The molecule has 0 spiro atoms. The van der Waals surface area contributed by atoms with E-state index in [1.54, 1.807) is 12.1 Å². The Balaban J connectivity index is 1.92. The van der Waals surface area contributed by atoms with Crippen LogP contribution in [0, 0.1) is 12.8 Å². The second-order valence-electron chi connectivity index (χ2n) is 7.54. The lowest BCUT2D eigenvalue weighted by atomic mass is 10.0. The molecule has 1 aromatic heterocycles. The van der Waals surface area contributed by atoms with Crippen LogP contribution in [0.4, 0.5) is 5.82 Å². The zero-order valence-corrected chi connectivity index (χ0v) is 18.7. The van der Waals surface area contributed by atoms with Crippen molar-refractivity contribution < 1.29 is 17.9 Å². The molecule has 9 heteroatoms. The molecule has 0 amide bonds. The van der Waals surface area contributed by atoms with Gasteiger partial charge in [0.25, 0.3) is 0 Å². The number of nitrogens with one attached hydrogen (secondary N) is 2. The molecule has 2 N–H and O–H groups in total. The van der Waals surface area contributed by atoms with Crippen molar-refractivity contribution in [3.05, 3.63) is 59.9 Å². The number of nitrogens with zero attached hydrogens (tertiary/aromatic N) is 2. The number of carbonyl (C=O) groups excluding carboxylic acids is 1. The molecule has 3 rings (SSSR count). The lowest BCUT2D eigenvalue weighted by Crippen LogP contribution is -2.36. The fraction of sp³-hybridized carbons (Fsp3) is 0.318. The van der Waals surface area contributed by atoms with E-state index in [4.69, 9.17) is 4.74 Å². The van der Waals surface area contributed by atoms with Crippen LogP contribution in [0.15, 0.2) is 53.4 Å². The second-order valence-corrected chi connectivity index (χ2v) is 9.30. The molecule has 0 bridgehead atoms. The van der Waals surface area contributed by atoms with Crippen molar-refractivity contribution in [3.63, 3.8) is 0 Å². The maximum Gasteiger partial charge on any atom is 0.328 e. The number of fused-ring (bicyclic) bond motifs is 1. The van der Waals surface area contributed by atoms with Gasteiger partial charge in [0.15, 0.2) is 0 Å². The Hall–Kier alpha value is -3.04. The first-order chi connectivity index (χ1) is 14.7. The third-order valence-electron chi connectivity index (χ3n) is 4.78. The Morgan fingerprint density at radius 2 is 1.84 bits per heavy atom. The SMILES string of the molecule is COC(=O)C(Nc1nc(CNS(=O)(=O)c2cccc(C)c2)nc2ccccc12)C(C)C. The Labute approximate surface area is 182 Å². The molecule has 8 nitrogen and oxygen atoms in total. The van der Waals surface area contributed by atoms with Crippen molar-refractivity contribution in [1.29, 1.82) is 0 Å². The number of hydrogen-bond acceptors (Lipinski definition) is 7. The third kappa shape index (κ3) is 5.36. The molecule has 0 aliphatic rings. The Kier molecular flexibility index (Phi) is 6.87. The number of ether oxygens (including phenoxy) is 1. The van der Waals surface area contributed by atoms with Crippen LogP contribution in [-0.2, 0) is 26.1 Å². The topological polar surface area (TPSA) is 110 Å². The van der Waals surface area contributed by atoms with Gasteiger partial charge < -0.3 is 10.1 Å². The van der Waals surface area contributed by atoms with E-state index in [9.17, 15) is 13.2 Å². The van der Waals surface area contributed by atoms with Gasteiger partial charge in [-0.05, 0) is 42.7 Å². The fourth-order valence-corrected chi connectivity index (χ4v) is 4.20. The van der Waals surface area contributed by atoms with E-state index in [1.807, 2.05) is 51.1 Å². The molecular weight excluding hydrogens is 416 g/mol. The Morgan fingerprint density at radius 1 is 1.10 bits per heavy atom. The number of aromatic nitrogens is 2. The number of para-hydroxylation sites is 1. The number of hydrogen-bond donors (Lipinski definition) is 2. The number of benzene rings is 2. The number of carbonyl (C=O) groups is 1. The van der Waals surface area contributed by atoms with E-state index in [2.05, 4.69) is 20.0 Å². The predicted molar refractivity (Wildman–Crippen MR) is 119 cm³/mol. The fourth-order valence-electron chi connectivity index (χ4n) is 3.11. The minimum atomic E-state index is -3.73. The average Bonchev–Trinajstić information content (AvgIpc) is 2.75. The van der Waals surface area contributed by atoms with E-state index in [1.165, 1.54) is 13.2 Å². The van der Waals surface area contributed by atoms with Gasteiger partial charge in [0.05, 0.1) is 24.1 Å². The first-order valence-electron chi connectivity index (χ1n) is 9.87. The highest BCUT2D eigenvalue weighted by molar-refractivity contribution is 7.89. The van der Waals surface area contributed by atoms with Gasteiger partial charge in [-0.1, -0.05) is 38.1 Å². The van der Waals surface area contributed by atoms with Crippen LogP contribution in [0.3, 0.4) is 0 Å². The zero-order valence-electron chi connectivity index (χ0n) is 17.9. The average molecular weight is 443 g/mol. The van der Waals surface area contributed by atoms with Crippen LogP contribution in [0.25, 0.3) is 10.9 Å². The van der Waals surface area contributed by atoms with Crippen LogP contribution in [-0.4, -0.2) is 37.5 Å². The highest BCUT2D eigenvalue weighted by atomic mass is 32.2. The number of anilines is 1. The zero-order chi connectivity index (χ0) is 22.6. The molecular formula is C22H26N4O4S. The highest BCUT2D eigenvalue weighted by Crippen LogP contribution is 2.23. The van der Waals surface area contributed by atoms with Crippen LogP contribution in [0.5, 0.6) is 0 Å². The Morgan fingerprint density at radius 3 is 2.52 bits per heavy atom. The van der Waals surface area contributed by atoms with Gasteiger partial charge in [0, 0.05) is 5.39 Å². The second kappa shape index (κ2) is 9.40. The number of aryl methyl sites for hydroxylation is 1. The summed E-state index contributed by atoms with van der Waals surface area (Å²) in [4.78, 5) is 21.3. The lowest BCUT2D eigenvalue weighted by Gasteiger charge is -2.21. The summed E-state index contributed by atoms with van der Waals surface area (Å²) in [5.74, 6) is 0.271. The number of esters is 1. The molecule has 0 aliphatic carbocycles. The minimum Gasteiger partial charge on any atom is -0.467 e. The van der Waals surface area contributed by atoms with Crippen LogP contribution in [0.1, 0.15) is 25.2 Å². The number of sulfonamides is 1.